The summed E-state index contributed by atoms with van der Waals surface area (Å²) in [4.78, 5) is 12.8. The zero-order valence-electron chi connectivity index (χ0n) is 20.5. The Hall–Kier alpha value is -4.51. The van der Waals surface area contributed by atoms with Crippen LogP contribution < -0.4 is 14.8 Å². The topological polar surface area (TPSA) is 60.7 Å². The first-order valence-corrected chi connectivity index (χ1v) is 11.9. The third-order valence-electron chi connectivity index (χ3n) is 6.19. The summed E-state index contributed by atoms with van der Waals surface area (Å²) >= 11 is 0. The van der Waals surface area contributed by atoms with Crippen LogP contribution in [0.15, 0.2) is 95.6 Å². The van der Waals surface area contributed by atoms with E-state index in [9.17, 15) is 4.79 Å². The summed E-state index contributed by atoms with van der Waals surface area (Å²) in [6.45, 7) is 4.35. The Morgan fingerprint density at radius 3 is 2.50 bits per heavy atom. The molecule has 1 N–H and O–H groups in total. The van der Waals surface area contributed by atoms with Gasteiger partial charge in [-0.25, -0.2) is 0 Å². The fraction of sp³-hybridized carbons (Fsp3) is 0.129. The number of hydrogen-bond donors (Lipinski definition) is 1. The van der Waals surface area contributed by atoms with E-state index in [1.165, 1.54) is 5.39 Å². The van der Waals surface area contributed by atoms with Gasteiger partial charge in [0.2, 0.25) is 5.91 Å². The quantitative estimate of drug-likeness (QED) is 0.244. The molecule has 1 aromatic heterocycles. The minimum absolute atomic E-state index is 0.221. The molecular weight excluding hydrogens is 450 g/mol. The third-order valence-corrected chi connectivity index (χ3v) is 6.19. The number of hydrogen-bond acceptors (Lipinski definition) is 4. The molecule has 0 unspecified atom stereocenters. The second-order valence-electron chi connectivity index (χ2n) is 8.50. The number of furan rings is 1. The lowest BCUT2D eigenvalue weighted by Gasteiger charge is -2.12. The molecule has 1 heterocycles. The van der Waals surface area contributed by atoms with Gasteiger partial charge >= 0.3 is 0 Å². The Kier molecular flexibility index (Phi) is 6.46. The molecule has 5 rings (SSSR count). The first-order valence-electron chi connectivity index (χ1n) is 11.9. The van der Waals surface area contributed by atoms with Crippen LogP contribution in [0.1, 0.15) is 19.4 Å². The Morgan fingerprint density at radius 2 is 1.72 bits per heavy atom. The largest absolute Gasteiger partial charge is 0.497 e. The molecule has 180 valence electrons. The average Bonchev–Trinajstić information content (AvgIpc) is 3.31. The fourth-order valence-electron chi connectivity index (χ4n) is 4.43. The number of nitrogens with one attached hydrogen (secondary N) is 1. The molecule has 4 aromatic carbocycles. The van der Waals surface area contributed by atoms with E-state index in [1.54, 1.807) is 43.7 Å². The summed E-state index contributed by atoms with van der Waals surface area (Å²) in [7, 11) is 1.61. The van der Waals surface area contributed by atoms with E-state index in [0.29, 0.717) is 18.0 Å². The maximum atomic E-state index is 12.8. The van der Waals surface area contributed by atoms with Crippen molar-refractivity contribution in [2.75, 3.05) is 19.0 Å². The van der Waals surface area contributed by atoms with Gasteiger partial charge in [-0.15, -0.1) is 0 Å². The normalized spacial score (nSPS) is 11.6. The number of amides is 1. The molecule has 0 fully saturated rings. The van der Waals surface area contributed by atoms with Gasteiger partial charge in [0, 0.05) is 34.3 Å². The van der Waals surface area contributed by atoms with Crippen LogP contribution in [0.3, 0.4) is 0 Å². The van der Waals surface area contributed by atoms with Crippen molar-refractivity contribution in [1.29, 1.82) is 0 Å². The molecule has 0 saturated heterocycles. The van der Waals surface area contributed by atoms with Crippen LogP contribution in [0.4, 0.5) is 5.69 Å². The van der Waals surface area contributed by atoms with Crippen molar-refractivity contribution >= 4 is 38.9 Å². The molecule has 0 radical (unpaired) electrons. The first-order chi connectivity index (χ1) is 17.6. The molecule has 0 spiro atoms. The van der Waals surface area contributed by atoms with Crippen LogP contribution in [0.25, 0.3) is 38.4 Å². The van der Waals surface area contributed by atoms with E-state index in [0.717, 1.165) is 44.4 Å². The van der Waals surface area contributed by atoms with Crippen molar-refractivity contribution in [3.8, 4) is 22.6 Å². The Balaban J connectivity index is 1.54. The van der Waals surface area contributed by atoms with Crippen LogP contribution in [-0.4, -0.2) is 19.6 Å². The van der Waals surface area contributed by atoms with E-state index in [4.69, 9.17) is 13.9 Å². The predicted octanol–water partition coefficient (Wildman–Crippen LogP) is 7.70. The third kappa shape index (κ3) is 4.56. The van der Waals surface area contributed by atoms with E-state index >= 15 is 0 Å². The van der Waals surface area contributed by atoms with E-state index < -0.39 is 0 Å². The molecular formula is C31H27NO4. The lowest BCUT2D eigenvalue weighted by molar-refractivity contribution is -0.111. The smallest absolute Gasteiger partial charge is 0.248 e. The fourth-order valence-corrected chi connectivity index (χ4v) is 4.43. The summed E-state index contributed by atoms with van der Waals surface area (Å²) in [6, 6.07) is 25.7. The summed E-state index contributed by atoms with van der Waals surface area (Å²) in [5, 5.41) is 6.20. The van der Waals surface area contributed by atoms with E-state index in [-0.39, 0.29) is 5.91 Å². The van der Waals surface area contributed by atoms with E-state index in [1.807, 2.05) is 38.1 Å². The monoisotopic (exact) mass is 477 g/mol. The number of rotatable bonds is 7. The predicted molar refractivity (Wildman–Crippen MR) is 146 cm³/mol. The maximum Gasteiger partial charge on any atom is 0.248 e. The molecule has 0 aliphatic carbocycles. The highest BCUT2D eigenvalue weighted by Gasteiger charge is 2.16. The van der Waals surface area contributed by atoms with Gasteiger partial charge in [0.15, 0.2) is 0 Å². The number of allylic oxidation sites excluding steroid dienone is 1. The SMILES string of the molecule is CCOc1cc2occ(-c3cccc4ccccc34)c2cc1/C(C)=C/C(=O)Nc1ccc(OC)cc1. The highest BCUT2D eigenvalue weighted by molar-refractivity contribution is 6.07. The number of carbonyl (C=O) groups is 1. The summed E-state index contributed by atoms with van der Waals surface area (Å²) in [5.74, 6) is 1.19. The Bertz CT molecular complexity index is 1570. The standard InChI is InChI=1S/C31H27NO4/c1-4-35-29-18-30-27(28(19-36-30)25-11-7-9-21-8-5-6-10-24(21)25)17-26(29)20(2)16-31(33)32-22-12-14-23(34-3)15-13-22/h5-19H,4H2,1-3H3,(H,32,33)/b20-16+. The summed E-state index contributed by atoms with van der Waals surface area (Å²) < 4.78 is 17.1. The number of anilines is 1. The number of benzene rings is 4. The number of carbonyl (C=O) groups excluding carboxylic acids is 1. The van der Waals surface area contributed by atoms with Crippen LogP contribution in [0, 0.1) is 0 Å². The van der Waals surface area contributed by atoms with Crippen LogP contribution in [0.2, 0.25) is 0 Å². The van der Waals surface area contributed by atoms with Gasteiger partial charge in [-0.2, -0.15) is 0 Å². The van der Waals surface area contributed by atoms with Crippen LogP contribution in [-0.2, 0) is 4.79 Å². The van der Waals surface area contributed by atoms with Gasteiger partial charge in [0.05, 0.1) is 20.0 Å². The van der Waals surface area contributed by atoms with Crippen LogP contribution in [0.5, 0.6) is 11.5 Å². The molecule has 0 bridgehead atoms. The molecule has 36 heavy (non-hydrogen) atoms. The van der Waals surface area contributed by atoms with Gasteiger partial charge in [-0.3, -0.25) is 4.79 Å². The molecule has 5 heteroatoms. The number of ether oxygens (including phenoxy) is 2. The number of methoxy groups -OCH3 is 1. The Labute approximate surface area is 210 Å². The molecule has 0 aliphatic heterocycles. The second-order valence-corrected chi connectivity index (χ2v) is 8.50. The highest BCUT2D eigenvalue weighted by atomic mass is 16.5. The average molecular weight is 478 g/mol. The van der Waals surface area contributed by atoms with Crippen molar-refractivity contribution in [1.82, 2.24) is 0 Å². The first kappa shape index (κ1) is 23.2. The molecule has 0 saturated carbocycles. The van der Waals surface area contributed by atoms with Crippen molar-refractivity contribution in [3.05, 3.63) is 96.8 Å². The van der Waals surface area contributed by atoms with Gasteiger partial charge < -0.3 is 19.2 Å². The maximum absolute atomic E-state index is 12.8. The van der Waals surface area contributed by atoms with Gasteiger partial charge in [-0.1, -0.05) is 42.5 Å². The van der Waals surface area contributed by atoms with Gasteiger partial charge in [0.1, 0.15) is 17.1 Å². The van der Waals surface area contributed by atoms with Crippen molar-refractivity contribution in [2.24, 2.45) is 0 Å². The van der Waals surface area contributed by atoms with Crippen molar-refractivity contribution < 1.29 is 18.7 Å². The minimum Gasteiger partial charge on any atom is -0.497 e. The zero-order chi connectivity index (χ0) is 25.1. The number of fused-ring (bicyclic) bond motifs is 2. The lowest BCUT2D eigenvalue weighted by Crippen LogP contribution is -2.08. The van der Waals surface area contributed by atoms with Crippen molar-refractivity contribution in [3.63, 3.8) is 0 Å². The highest BCUT2D eigenvalue weighted by Crippen LogP contribution is 2.39. The molecule has 0 aliphatic rings. The van der Waals surface area contributed by atoms with Crippen molar-refractivity contribution in [2.45, 2.75) is 13.8 Å². The van der Waals surface area contributed by atoms with Gasteiger partial charge in [-0.05, 0) is 66.1 Å². The molecule has 1 amide bonds. The molecule has 5 aromatic rings. The van der Waals surface area contributed by atoms with Gasteiger partial charge in [0.25, 0.3) is 0 Å². The minimum atomic E-state index is -0.221. The second kappa shape index (κ2) is 10.0. The molecule has 5 nitrogen and oxygen atoms in total. The lowest BCUT2D eigenvalue weighted by atomic mass is 9.96. The molecule has 0 atom stereocenters. The van der Waals surface area contributed by atoms with E-state index in [2.05, 4.69) is 35.6 Å². The zero-order valence-corrected chi connectivity index (χ0v) is 20.5. The summed E-state index contributed by atoms with van der Waals surface area (Å²) in [5.41, 5.74) is 5.16. The summed E-state index contributed by atoms with van der Waals surface area (Å²) in [6.07, 6.45) is 3.38. The Morgan fingerprint density at radius 1 is 0.944 bits per heavy atom. The van der Waals surface area contributed by atoms with Crippen LogP contribution >= 0.6 is 0 Å².